The Labute approximate surface area is 107 Å². The van der Waals surface area contributed by atoms with Crippen LogP contribution in [0.4, 0.5) is 11.5 Å². The molecule has 0 saturated carbocycles. The summed E-state index contributed by atoms with van der Waals surface area (Å²) in [4.78, 5) is 19.7. The van der Waals surface area contributed by atoms with E-state index < -0.39 is 6.10 Å². The van der Waals surface area contributed by atoms with E-state index in [-0.39, 0.29) is 12.3 Å². The number of carbonyl (C=O) groups excluding carboxylic acids is 1. The van der Waals surface area contributed by atoms with Gasteiger partial charge >= 0.3 is 0 Å². The Bertz CT molecular complexity index is 415. The van der Waals surface area contributed by atoms with E-state index in [0.29, 0.717) is 6.54 Å². The third kappa shape index (κ3) is 2.46. The Hall–Kier alpha value is -1.62. The van der Waals surface area contributed by atoms with E-state index in [0.717, 1.165) is 24.6 Å². The van der Waals surface area contributed by atoms with Crippen molar-refractivity contribution < 1.29 is 9.90 Å². The minimum Gasteiger partial charge on any atom is -0.391 e. The normalized spacial score (nSPS) is 19.4. The second-order valence-corrected chi connectivity index (χ2v) is 4.41. The topological polar surface area (TPSA) is 56.7 Å². The molecule has 1 aliphatic heterocycles. The van der Waals surface area contributed by atoms with E-state index in [9.17, 15) is 9.90 Å². The van der Waals surface area contributed by atoms with Gasteiger partial charge in [-0.1, -0.05) is 0 Å². The summed E-state index contributed by atoms with van der Waals surface area (Å²) in [7, 11) is 0. The summed E-state index contributed by atoms with van der Waals surface area (Å²) in [5, 5.41) is 9.46. The first-order valence-corrected chi connectivity index (χ1v) is 6.35. The Kier molecular flexibility index (Phi) is 3.81. The molecule has 18 heavy (non-hydrogen) atoms. The van der Waals surface area contributed by atoms with Gasteiger partial charge in [-0.3, -0.25) is 4.79 Å². The molecule has 0 radical (unpaired) electrons. The minimum atomic E-state index is -0.556. The Morgan fingerprint density at radius 2 is 2.17 bits per heavy atom. The molecular weight excluding hydrogens is 230 g/mol. The molecule has 5 nitrogen and oxygen atoms in total. The lowest BCUT2D eigenvalue weighted by atomic mass is 10.3. The third-order valence-electron chi connectivity index (χ3n) is 3.24. The molecule has 0 aromatic carbocycles. The van der Waals surface area contributed by atoms with Crippen molar-refractivity contribution in [3.63, 3.8) is 0 Å². The predicted octanol–water partition coefficient (Wildman–Crippen LogP) is 1.03. The van der Waals surface area contributed by atoms with Crippen LogP contribution in [-0.4, -0.2) is 41.7 Å². The van der Waals surface area contributed by atoms with Crippen LogP contribution >= 0.6 is 0 Å². The molecule has 2 heterocycles. The van der Waals surface area contributed by atoms with Gasteiger partial charge in [0.1, 0.15) is 5.82 Å². The van der Waals surface area contributed by atoms with Crippen LogP contribution in [0.5, 0.6) is 0 Å². The SMILES string of the molecule is CCN(CC)c1ccc(N2CC(O)CC2=O)cn1. The highest BCUT2D eigenvalue weighted by molar-refractivity contribution is 5.95. The lowest BCUT2D eigenvalue weighted by molar-refractivity contribution is -0.117. The summed E-state index contributed by atoms with van der Waals surface area (Å²) < 4.78 is 0. The summed E-state index contributed by atoms with van der Waals surface area (Å²) in [5.41, 5.74) is 0.757. The zero-order valence-electron chi connectivity index (χ0n) is 10.8. The number of carbonyl (C=O) groups is 1. The number of hydrogen-bond donors (Lipinski definition) is 1. The maximum atomic E-state index is 11.6. The second kappa shape index (κ2) is 5.35. The summed E-state index contributed by atoms with van der Waals surface area (Å²) >= 11 is 0. The first-order chi connectivity index (χ1) is 8.65. The van der Waals surface area contributed by atoms with Gasteiger partial charge < -0.3 is 14.9 Å². The molecular formula is C13H19N3O2. The number of aromatic nitrogens is 1. The number of hydrogen-bond acceptors (Lipinski definition) is 4. The first kappa shape index (κ1) is 12.8. The van der Waals surface area contributed by atoms with E-state index in [1.807, 2.05) is 12.1 Å². The zero-order valence-corrected chi connectivity index (χ0v) is 10.8. The zero-order chi connectivity index (χ0) is 13.1. The molecule has 5 heteroatoms. The maximum Gasteiger partial charge on any atom is 0.229 e. The number of aliphatic hydroxyl groups is 1. The van der Waals surface area contributed by atoms with E-state index in [1.165, 1.54) is 0 Å². The van der Waals surface area contributed by atoms with Gasteiger partial charge in [0.2, 0.25) is 5.91 Å². The molecule has 1 aliphatic rings. The Morgan fingerprint density at radius 1 is 1.44 bits per heavy atom. The summed E-state index contributed by atoms with van der Waals surface area (Å²) in [6, 6.07) is 3.80. The fourth-order valence-corrected chi connectivity index (χ4v) is 2.21. The molecule has 1 amide bonds. The van der Waals surface area contributed by atoms with Gasteiger partial charge in [-0.25, -0.2) is 4.98 Å². The van der Waals surface area contributed by atoms with Crippen LogP contribution < -0.4 is 9.80 Å². The van der Waals surface area contributed by atoms with Crippen molar-refractivity contribution in [2.75, 3.05) is 29.4 Å². The number of pyridine rings is 1. The lowest BCUT2D eigenvalue weighted by Gasteiger charge is -2.21. The van der Waals surface area contributed by atoms with Crippen LogP contribution in [-0.2, 0) is 4.79 Å². The van der Waals surface area contributed by atoms with Crippen molar-refractivity contribution in [1.29, 1.82) is 0 Å². The smallest absolute Gasteiger partial charge is 0.229 e. The minimum absolute atomic E-state index is 0.0418. The summed E-state index contributed by atoms with van der Waals surface area (Å²) in [6.45, 7) is 6.35. The monoisotopic (exact) mass is 249 g/mol. The summed E-state index contributed by atoms with van der Waals surface area (Å²) in [5.74, 6) is 0.871. The number of aliphatic hydroxyl groups excluding tert-OH is 1. The molecule has 1 unspecified atom stereocenters. The van der Waals surface area contributed by atoms with Crippen LogP contribution in [0.2, 0.25) is 0 Å². The number of β-amino-alcohol motifs (C(OH)–C–C–N with tert-alkyl or cyclic N) is 1. The van der Waals surface area contributed by atoms with Gasteiger partial charge in [-0.2, -0.15) is 0 Å². The number of nitrogens with zero attached hydrogens (tertiary/aromatic N) is 3. The molecule has 1 fully saturated rings. The molecule has 0 aliphatic carbocycles. The molecule has 1 aromatic rings. The van der Waals surface area contributed by atoms with Gasteiger partial charge in [-0.05, 0) is 26.0 Å². The van der Waals surface area contributed by atoms with Gasteiger partial charge in [0.25, 0.3) is 0 Å². The third-order valence-corrected chi connectivity index (χ3v) is 3.24. The highest BCUT2D eigenvalue weighted by atomic mass is 16.3. The van der Waals surface area contributed by atoms with E-state index in [4.69, 9.17) is 0 Å². The molecule has 98 valence electrons. The fraction of sp³-hybridized carbons (Fsp3) is 0.538. The van der Waals surface area contributed by atoms with Gasteiger partial charge in [-0.15, -0.1) is 0 Å². The lowest BCUT2D eigenvalue weighted by Crippen LogP contribution is -2.26. The van der Waals surface area contributed by atoms with Crippen molar-refractivity contribution in [1.82, 2.24) is 4.98 Å². The molecule has 0 spiro atoms. The number of anilines is 2. The van der Waals surface area contributed by atoms with E-state index >= 15 is 0 Å². The van der Waals surface area contributed by atoms with Crippen LogP contribution in [0.1, 0.15) is 20.3 Å². The number of rotatable bonds is 4. The maximum absolute atomic E-state index is 11.6. The van der Waals surface area contributed by atoms with Crippen molar-refractivity contribution in [3.8, 4) is 0 Å². The highest BCUT2D eigenvalue weighted by Gasteiger charge is 2.29. The molecule has 0 bridgehead atoms. The fourth-order valence-electron chi connectivity index (χ4n) is 2.21. The first-order valence-electron chi connectivity index (χ1n) is 6.35. The van der Waals surface area contributed by atoms with Gasteiger partial charge in [0.15, 0.2) is 0 Å². The van der Waals surface area contributed by atoms with Crippen LogP contribution in [0, 0.1) is 0 Å². The van der Waals surface area contributed by atoms with Gasteiger partial charge in [0, 0.05) is 13.1 Å². The average Bonchev–Trinajstić information content (AvgIpc) is 2.71. The molecule has 1 atom stereocenters. The standard InChI is InChI=1S/C13H19N3O2/c1-3-15(4-2)12-6-5-10(8-14-12)16-9-11(17)7-13(16)18/h5-6,8,11,17H,3-4,7,9H2,1-2H3. The quantitative estimate of drug-likeness (QED) is 0.865. The van der Waals surface area contributed by atoms with Crippen LogP contribution in [0.3, 0.4) is 0 Å². The Morgan fingerprint density at radius 3 is 2.61 bits per heavy atom. The van der Waals surface area contributed by atoms with E-state index in [2.05, 4.69) is 23.7 Å². The van der Waals surface area contributed by atoms with Gasteiger partial charge in [0.05, 0.1) is 31.0 Å². The Balaban J connectivity index is 2.15. The molecule has 1 aromatic heterocycles. The largest absolute Gasteiger partial charge is 0.391 e. The van der Waals surface area contributed by atoms with E-state index in [1.54, 1.807) is 11.1 Å². The number of amides is 1. The average molecular weight is 249 g/mol. The molecule has 1 N–H and O–H groups in total. The molecule has 2 rings (SSSR count). The van der Waals surface area contributed by atoms with Crippen molar-refractivity contribution in [2.45, 2.75) is 26.4 Å². The van der Waals surface area contributed by atoms with Crippen LogP contribution in [0.25, 0.3) is 0 Å². The molecule has 1 saturated heterocycles. The highest BCUT2D eigenvalue weighted by Crippen LogP contribution is 2.22. The predicted molar refractivity (Wildman–Crippen MR) is 70.8 cm³/mol. The van der Waals surface area contributed by atoms with Crippen molar-refractivity contribution >= 4 is 17.4 Å². The second-order valence-electron chi connectivity index (χ2n) is 4.41. The van der Waals surface area contributed by atoms with Crippen molar-refractivity contribution in [3.05, 3.63) is 18.3 Å². The van der Waals surface area contributed by atoms with Crippen LogP contribution in [0.15, 0.2) is 18.3 Å². The summed E-state index contributed by atoms with van der Waals surface area (Å²) in [6.07, 6.45) is 1.35. The van der Waals surface area contributed by atoms with Crippen molar-refractivity contribution in [2.24, 2.45) is 0 Å².